The molecule has 0 atom stereocenters. The molecule has 6 nitrogen and oxygen atoms in total. The van der Waals surface area contributed by atoms with Gasteiger partial charge in [0.25, 0.3) is 5.56 Å². The Balaban J connectivity index is 2.68. The highest BCUT2D eigenvalue weighted by molar-refractivity contribution is 5.87. The van der Waals surface area contributed by atoms with Gasteiger partial charge in [-0.05, 0) is 42.0 Å². The summed E-state index contributed by atoms with van der Waals surface area (Å²) in [4.78, 5) is 33.9. The minimum atomic E-state index is -1.44. The standard InChI is InChI=1S/C14H10FNO5/c15-9-3-1-8(2-4-9)11-6-5-10(14(20)21)13(19)16(11)7-12(17)18/h1-6H,7H2,(H,17,18)(H,20,21). The highest BCUT2D eigenvalue weighted by atomic mass is 19.1. The van der Waals surface area contributed by atoms with E-state index in [4.69, 9.17) is 10.2 Å². The number of aliphatic carboxylic acids is 1. The molecule has 2 N–H and O–H groups in total. The summed E-state index contributed by atoms with van der Waals surface area (Å²) < 4.78 is 13.8. The van der Waals surface area contributed by atoms with Crippen molar-refractivity contribution in [3.05, 3.63) is 58.1 Å². The van der Waals surface area contributed by atoms with Crippen molar-refractivity contribution in [2.24, 2.45) is 0 Å². The number of aromatic nitrogens is 1. The molecule has 1 aromatic carbocycles. The van der Waals surface area contributed by atoms with Crippen LogP contribution in [0.4, 0.5) is 4.39 Å². The van der Waals surface area contributed by atoms with Crippen molar-refractivity contribution >= 4 is 11.9 Å². The molecule has 21 heavy (non-hydrogen) atoms. The van der Waals surface area contributed by atoms with Gasteiger partial charge in [-0.1, -0.05) is 0 Å². The molecule has 0 amide bonds. The average molecular weight is 291 g/mol. The molecule has 0 spiro atoms. The number of carbonyl (C=O) groups is 2. The molecule has 0 unspecified atom stereocenters. The third-order valence-corrected chi connectivity index (χ3v) is 2.84. The number of aromatic carboxylic acids is 1. The third kappa shape index (κ3) is 2.97. The van der Waals surface area contributed by atoms with E-state index in [1.165, 1.54) is 18.2 Å². The summed E-state index contributed by atoms with van der Waals surface area (Å²) in [6.45, 7) is -0.688. The van der Waals surface area contributed by atoms with Crippen LogP contribution < -0.4 is 5.56 Å². The van der Waals surface area contributed by atoms with E-state index in [1.54, 1.807) is 0 Å². The molecule has 0 saturated heterocycles. The molecular formula is C14H10FNO5. The lowest BCUT2D eigenvalue weighted by molar-refractivity contribution is -0.137. The van der Waals surface area contributed by atoms with Gasteiger partial charge in [0.2, 0.25) is 0 Å². The van der Waals surface area contributed by atoms with Crippen LogP contribution in [-0.4, -0.2) is 26.7 Å². The molecule has 1 heterocycles. The maximum atomic E-state index is 12.9. The van der Waals surface area contributed by atoms with E-state index in [1.807, 2.05) is 0 Å². The molecule has 0 aliphatic carbocycles. The smallest absolute Gasteiger partial charge is 0.341 e. The zero-order valence-corrected chi connectivity index (χ0v) is 10.6. The van der Waals surface area contributed by atoms with Gasteiger partial charge in [0.15, 0.2) is 0 Å². The lowest BCUT2D eigenvalue weighted by atomic mass is 10.1. The van der Waals surface area contributed by atoms with Gasteiger partial charge >= 0.3 is 11.9 Å². The van der Waals surface area contributed by atoms with Crippen LogP contribution in [0.3, 0.4) is 0 Å². The molecule has 0 fully saturated rings. The first kappa shape index (κ1) is 14.4. The zero-order valence-electron chi connectivity index (χ0n) is 10.6. The van der Waals surface area contributed by atoms with Gasteiger partial charge < -0.3 is 10.2 Å². The average Bonchev–Trinajstić information content (AvgIpc) is 2.41. The summed E-state index contributed by atoms with van der Waals surface area (Å²) in [5.41, 5.74) is -0.840. The zero-order chi connectivity index (χ0) is 15.6. The van der Waals surface area contributed by atoms with Crippen molar-refractivity contribution in [3.63, 3.8) is 0 Å². The molecule has 108 valence electrons. The maximum absolute atomic E-state index is 12.9. The third-order valence-electron chi connectivity index (χ3n) is 2.84. The number of halogens is 1. The van der Waals surface area contributed by atoms with E-state index in [0.29, 0.717) is 5.56 Å². The molecule has 0 aliphatic heterocycles. The van der Waals surface area contributed by atoms with Crippen molar-refractivity contribution in [1.29, 1.82) is 0 Å². The summed E-state index contributed by atoms with van der Waals surface area (Å²) in [7, 11) is 0. The second-order valence-electron chi connectivity index (χ2n) is 4.23. The number of nitrogens with zero attached hydrogens (tertiary/aromatic N) is 1. The van der Waals surface area contributed by atoms with E-state index in [2.05, 4.69) is 0 Å². The molecule has 0 aliphatic rings. The number of hydrogen-bond acceptors (Lipinski definition) is 3. The van der Waals surface area contributed by atoms with Gasteiger partial charge in [-0.3, -0.25) is 14.2 Å². The molecule has 1 aromatic heterocycles. The predicted octanol–water partition coefficient (Wildman–Crippen LogP) is 1.44. The highest BCUT2D eigenvalue weighted by Crippen LogP contribution is 2.19. The van der Waals surface area contributed by atoms with E-state index in [9.17, 15) is 18.8 Å². The van der Waals surface area contributed by atoms with Crippen molar-refractivity contribution in [2.45, 2.75) is 6.54 Å². The van der Waals surface area contributed by atoms with Crippen LogP contribution in [0.2, 0.25) is 0 Å². The monoisotopic (exact) mass is 291 g/mol. The second-order valence-corrected chi connectivity index (χ2v) is 4.23. The Bertz CT molecular complexity index is 764. The van der Waals surface area contributed by atoms with Gasteiger partial charge in [-0.15, -0.1) is 0 Å². The lowest BCUT2D eigenvalue weighted by Gasteiger charge is -2.12. The first-order valence-electron chi connectivity index (χ1n) is 5.85. The van der Waals surface area contributed by atoms with Crippen molar-refractivity contribution < 1.29 is 24.2 Å². The van der Waals surface area contributed by atoms with E-state index >= 15 is 0 Å². The summed E-state index contributed by atoms with van der Waals surface area (Å²) >= 11 is 0. The fourth-order valence-corrected chi connectivity index (χ4v) is 1.91. The fourth-order valence-electron chi connectivity index (χ4n) is 1.91. The van der Waals surface area contributed by atoms with Crippen molar-refractivity contribution in [1.82, 2.24) is 4.57 Å². The van der Waals surface area contributed by atoms with Crippen LogP contribution in [0.25, 0.3) is 11.3 Å². The number of benzene rings is 1. The van der Waals surface area contributed by atoms with Crippen LogP contribution in [0, 0.1) is 5.82 Å². The van der Waals surface area contributed by atoms with E-state index in [-0.39, 0.29) is 5.69 Å². The van der Waals surface area contributed by atoms with E-state index < -0.39 is 35.4 Å². The maximum Gasteiger partial charge on any atom is 0.341 e. The molecular weight excluding hydrogens is 281 g/mol. The molecule has 0 saturated carbocycles. The largest absolute Gasteiger partial charge is 0.480 e. The molecule has 0 radical (unpaired) electrons. The number of carboxylic acid groups (broad SMARTS) is 2. The normalized spacial score (nSPS) is 10.3. The van der Waals surface area contributed by atoms with Gasteiger partial charge in [0, 0.05) is 0 Å². The van der Waals surface area contributed by atoms with Crippen molar-refractivity contribution in [2.75, 3.05) is 0 Å². The number of carboxylic acids is 2. The topological polar surface area (TPSA) is 96.6 Å². The Morgan fingerprint density at radius 3 is 2.19 bits per heavy atom. The second kappa shape index (κ2) is 5.58. The SMILES string of the molecule is O=C(O)Cn1c(-c2ccc(F)cc2)ccc(C(=O)O)c1=O. The Morgan fingerprint density at radius 2 is 1.67 bits per heavy atom. The molecule has 2 rings (SSSR count). The van der Waals surface area contributed by atoms with Crippen LogP contribution in [0.5, 0.6) is 0 Å². The fraction of sp³-hybridized carbons (Fsp3) is 0.0714. The summed E-state index contributed by atoms with van der Waals surface area (Å²) in [5.74, 6) is -3.21. The van der Waals surface area contributed by atoms with Gasteiger partial charge in [0.05, 0.1) is 5.69 Å². The summed E-state index contributed by atoms with van der Waals surface area (Å²) in [6.07, 6.45) is 0. The lowest BCUT2D eigenvalue weighted by Crippen LogP contribution is -2.30. The van der Waals surface area contributed by atoms with E-state index in [0.717, 1.165) is 22.8 Å². The highest BCUT2D eigenvalue weighted by Gasteiger charge is 2.16. The summed E-state index contributed by atoms with van der Waals surface area (Å²) in [6, 6.07) is 7.50. The number of rotatable bonds is 4. The Kier molecular flexibility index (Phi) is 3.84. The van der Waals surface area contributed by atoms with Gasteiger partial charge in [-0.2, -0.15) is 0 Å². The summed E-state index contributed by atoms with van der Waals surface area (Å²) in [5, 5.41) is 17.8. The van der Waals surface area contributed by atoms with Crippen LogP contribution in [-0.2, 0) is 11.3 Å². The molecule has 7 heteroatoms. The predicted molar refractivity (Wildman–Crippen MR) is 70.7 cm³/mol. The number of pyridine rings is 1. The minimum absolute atomic E-state index is 0.201. The van der Waals surface area contributed by atoms with Crippen LogP contribution in [0.15, 0.2) is 41.2 Å². The number of hydrogen-bond donors (Lipinski definition) is 2. The Morgan fingerprint density at radius 1 is 1.05 bits per heavy atom. The van der Waals surface area contributed by atoms with Crippen LogP contribution >= 0.6 is 0 Å². The quantitative estimate of drug-likeness (QED) is 0.888. The first-order valence-corrected chi connectivity index (χ1v) is 5.85. The van der Waals surface area contributed by atoms with Crippen molar-refractivity contribution in [3.8, 4) is 11.3 Å². The van der Waals surface area contributed by atoms with Gasteiger partial charge in [0.1, 0.15) is 17.9 Å². The first-order chi connectivity index (χ1) is 9.90. The minimum Gasteiger partial charge on any atom is -0.480 e. The Labute approximate surface area is 117 Å². The van der Waals surface area contributed by atoms with Gasteiger partial charge in [-0.25, -0.2) is 9.18 Å². The Hall–Kier alpha value is -2.96. The van der Waals surface area contributed by atoms with Crippen LogP contribution in [0.1, 0.15) is 10.4 Å². The molecule has 2 aromatic rings. The molecule has 0 bridgehead atoms.